The first kappa shape index (κ1) is 11.2. The molecule has 0 aliphatic heterocycles. The maximum atomic E-state index is 11.8. The highest BCUT2D eigenvalue weighted by Crippen LogP contribution is 2.11. The van der Waals surface area contributed by atoms with Crippen LogP contribution in [0.1, 0.15) is 17.4 Å². The standard InChI is InChI=1S/C10H14N6O/c1-3-16-5-4-8(13-16)12-10(17)9-7(11)6-15(2)14-9/h4-6H,3,11H2,1-2H3,(H,12,13,17). The van der Waals surface area contributed by atoms with Gasteiger partial charge in [-0.3, -0.25) is 14.2 Å². The van der Waals surface area contributed by atoms with E-state index in [-0.39, 0.29) is 11.6 Å². The number of nitrogens with one attached hydrogen (secondary N) is 1. The van der Waals surface area contributed by atoms with Crippen molar-refractivity contribution in [1.29, 1.82) is 0 Å². The molecule has 0 aliphatic carbocycles. The largest absolute Gasteiger partial charge is 0.396 e. The smallest absolute Gasteiger partial charge is 0.279 e. The molecular weight excluding hydrogens is 220 g/mol. The minimum absolute atomic E-state index is 0.207. The number of anilines is 2. The molecule has 1 amide bonds. The average molecular weight is 234 g/mol. The number of hydrogen-bond acceptors (Lipinski definition) is 4. The average Bonchev–Trinajstić information content (AvgIpc) is 2.85. The van der Waals surface area contributed by atoms with Crippen molar-refractivity contribution in [2.24, 2.45) is 7.05 Å². The van der Waals surface area contributed by atoms with Gasteiger partial charge in [-0.15, -0.1) is 0 Å². The summed E-state index contributed by atoms with van der Waals surface area (Å²) in [5, 5.41) is 10.8. The summed E-state index contributed by atoms with van der Waals surface area (Å²) in [5.74, 6) is 0.131. The zero-order chi connectivity index (χ0) is 12.4. The summed E-state index contributed by atoms with van der Waals surface area (Å²) in [6.07, 6.45) is 3.37. The Morgan fingerprint density at radius 3 is 2.82 bits per heavy atom. The Balaban J connectivity index is 2.14. The minimum atomic E-state index is -0.357. The fraction of sp³-hybridized carbons (Fsp3) is 0.300. The lowest BCUT2D eigenvalue weighted by Gasteiger charge is -1.99. The lowest BCUT2D eigenvalue weighted by molar-refractivity contribution is 0.102. The molecule has 2 heterocycles. The van der Waals surface area contributed by atoms with Crippen molar-refractivity contribution in [3.63, 3.8) is 0 Å². The van der Waals surface area contributed by atoms with E-state index in [0.717, 1.165) is 6.54 Å². The molecule has 0 aliphatic rings. The Hall–Kier alpha value is -2.31. The molecule has 2 aromatic rings. The van der Waals surface area contributed by atoms with Gasteiger partial charge in [-0.05, 0) is 6.92 Å². The van der Waals surface area contributed by atoms with E-state index in [0.29, 0.717) is 11.5 Å². The number of nitrogens with zero attached hydrogens (tertiary/aromatic N) is 4. The zero-order valence-electron chi connectivity index (χ0n) is 9.71. The van der Waals surface area contributed by atoms with Gasteiger partial charge in [-0.2, -0.15) is 10.2 Å². The second kappa shape index (κ2) is 4.28. The van der Waals surface area contributed by atoms with Gasteiger partial charge in [-0.1, -0.05) is 0 Å². The Morgan fingerprint density at radius 2 is 2.29 bits per heavy atom. The number of nitrogen functional groups attached to an aromatic ring is 1. The molecule has 0 saturated heterocycles. The van der Waals surface area contributed by atoms with Gasteiger partial charge in [0.25, 0.3) is 5.91 Å². The van der Waals surface area contributed by atoms with E-state index >= 15 is 0 Å². The van der Waals surface area contributed by atoms with Gasteiger partial charge >= 0.3 is 0 Å². The molecule has 0 aromatic carbocycles. The predicted octanol–water partition coefficient (Wildman–Crippen LogP) is 0.471. The fourth-order valence-corrected chi connectivity index (χ4v) is 1.46. The summed E-state index contributed by atoms with van der Waals surface area (Å²) in [4.78, 5) is 11.8. The molecular formula is C10H14N6O. The van der Waals surface area contributed by atoms with Gasteiger partial charge in [0.1, 0.15) is 0 Å². The lowest BCUT2D eigenvalue weighted by Crippen LogP contribution is -2.15. The number of rotatable bonds is 3. The van der Waals surface area contributed by atoms with E-state index in [9.17, 15) is 4.79 Å². The lowest BCUT2D eigenvalue weighted by atomic mass is 10.3. The van der Waals surface area contributed by atoms with Crippen LogP contribution in [0.25, 0.3) is 0 Å². The summed E-state index contributed by atoms with van der Waals surface area (Å²) in [6.45, 7) is 2.72. The van der Waals surface area contributed by atoms with Crippen molar-refractivity contribution >= 4 is 17.4 Å². The van der Waals surface area contributed by atoms with Gasteiger partial charge in [-0.25, -0.2) is 0 Å². The van der Waals surface area contributed by atoms with Crippen molar-refractivity contribution in [2.75, 3.05) is 11.1 Å². The molecule has 0 radical (unpaired) electrons. The Kier molecular flexibility index (Phi) is 2.82. The van der Waals surface area contributed by atoms with Gasteiger partial charge < -0.3 is 11.1 Å². The molecule has 0 atom stereocenters. The van der Waals surface area contributed by atoms with Crippen molar-refractivity contribution in [2.45, 2.75) is 13.5 Å². The molecule has 17 heavy (non-hydrogen) atoms. The Bertz CT molecular complexity index is 541. The van der Waals surface area contributed by atoms with Crippen LogP contribution in [0.4, 0.5) is 11.5 Å². The van der Waals surface area contributed by atoms with Crippen molar-refractivity contribution in [1.82, 2.24) is 19.6 Å². The molecule has 0 saturated carbocycles. The van der Waals surface area contributed by atoms with Crippen LogP contribution in [0, 0.1) is 0 Å². The summed E-state index contributed by atoms with van der Waals surface area (Å²) in [7, 11) is 1.71. The van der Waals surface area contributed by atoms with E-state index in [1.165, 1.54) is 4.68 Å². The quantitative estimate of drug-likeness (QED) is 0.807. The fourth-order valence-electron chi connectivity index (χ4n) is 1.46. The van der Waals surface area contributed by atoms with E-state index in [2.05, 4.69) is 15.5 Å². The number of aromatic nitrogens is 4. The highest BCUT2D eigenvalue weighted by molar-refractivity contribution is 6.05. The zero-order valence-corrected chi connectivity index (χ0v) is 9.71. The monoisotopic (exact) mass is 234 g/mol. The molecule has 2 rings (SSSR count). The maximum absolute atomic E-state index is 11.8. The topological polar surface area (TPSA) is 90.8 Å². The van der Waals surface area contributed by atoms with Gasteiger partial charge in [0.15, 0.2) is 11.5 Å². The molecule has 7 nitrogen and oxygen atoms in total. The van der Waals surface area contributed by atoms with Crippen LogP contribution in [0.3, 0.4) is 0 Å². The van der Waals surface area contributed by atoms with Crippen LogP contribution in [0.2, 0.25) is 0 Å². The maximum Gasteiger partial charge on any atom is 0.279 e. The summed E-state index contributed by atoms with van der Waals surface area (Å²) in [6, 6.07) is 1.72. The predicted molar refractivity (Wildman–Crippen MR) is 63.5 cm³/mol. The van der Waals surface area contributed by atoms with E-state index in [1.54, 1.807) is 30.2 Å². The van der Waals surface area contributed by atoms with Crippen molar-refractivity contribution in [3.05, 3.63) is 24.2 Å². The molecule has 90 valence electrons. The summed E-state index contributed by atoms with van der Waals surface area (Å²) >= 11 is 0. The first-order valence-electron chi connectivity index (χ1n) is 5.24. The third kappa shape index (κ3) is 2.27. The molecule has 7 heteroatoms. The van der Waals surface area contributed by atoms with Crippen LogP contribution in [-0.4, -0.2) is 25.5 Å². The van der Waals surface area contributed by atoms with Crippen LogP contribution < -0.4 is 11.1 Å². The number of hydrogen-bond donors (Lipinski definition) is 2. The second-order valence-corrected chi connectivity index (χ2v) is 3.62. The SMILES string of the molecule is CCn1ccc(NC(=O)c2nn(C)cc2N)n1. The molecule has 0 spiro atoms. The van der Waals surface area contributed by atoms with Crippen molar-refractivity contribution in [3.8, 4) is 0 Å². The number of carbonyl (C=O) groups excluding carboxylic acids is 1. The number of amides is 1. The van der Waals surface area contributed by atoms with Crippen LogP contribution in [-0.2, 0) is 13.6 Å². The van der Waals surface area contributed by atoms with Gasteiger partial charge in [0, 0.05) is 32.1 Å². The van der Waals surface area contributed by atoms with E-state index in [1.807, 2.05) is 6.92 Å². The second-order valence-electron chi connectivity index (χ2n) is 3.62. The van der Waals surface area contributed by atoms with Gasteiger partial charge in [0.05, 0.1) is 5.69 Å². The highest BCUT2D eigenvalue weighted by Gasteiger charge is 2.14. The molecule has 3 N–H and O–H groups in total. The first-order chi connectivity index (χ1) is 8.10. The molecule has 0 unspecified atom stereocenters. The highest BCUT2D eigenvalue weighted by atomic mass is 16.2. The summed E-state index contributed by atoms with van der Waals surface area (Å²) < 4.78 is 3.21. The van der Waals surface area contributed by atoms with Gasteiger partial charge in [0.2, 0.25) is 0 Å². The normalized spacial score (nSPS) is 10.5. The first-order valence-corrected chi connectivity index (χ1v) is 5.24. The number of carbonyl (C=O) groups is 1. The minimum Gasteiger partial charge on any atom is -0.396 e. The van der Waals surface area contributed by atoms with Crippen LogP contribution in [0.15, 0.2) is 18.5 Å². The van der Waals surface area contributed by atoms with E-state index in [4.69, 9.17) is 5.73 Å². The Morgan fingerprint density at radius 1 is 1.53 bits per heavy atom. The molecule has 0 fully saturated rings. The van der Waals surface area contributed by atoms with Crippen molar-refractivity contribution < 1.29 is 4.79 Å². The van der Waals surface area contributed by atoms with Crippen LogP contribution in [0.5, 0.6) is 0 Å². The molecule has 2 aromatic heterocycles. The molecule has 0 bridgehead atoms. The summed E-state index contributed by atoms with van der Waals surface area (Å²) in [5.41, 5.74) is 6.21. The van der Waals surface area contributed by atoms with E-state index < -0.39 is 0 Å². The van der Waals surface area contributed by atoms with Crippen LogP contribution >= 0.6 is 0 Å². The Labute approximate surface area is 98.2 Å². The third-order valence-electron chi connectivity index (χ3n) is 2.28. The number of nitrogens with two attached hydrogens (primary N) is 1. The third-order valence-corrected chi connectivity index (χ3v) is 2.28. The number of aryl methyl sites for hydroxylation is 2.